The van der Waals surface area contributed by atoms with E-state index < -0.39 is 0 Å². The molecule has 5 aromatic rings. The maximum absolute atomic E-state index is 13.2. The molecule has 180 valence electrons. The third kappa shape index (κ3) is 5.09. The average Bonchev–Trinajstić information content (AvgIpc) is 3.32. The molecule has 0 atom stereocenters. The highest BCUT2D eigenvalue weighted by Gasteiger charge is 2.11. The molecule has 0 bridgehead atoms. The van der Waals surface area contributed by atoms with Gasteiger partial charge in [0.1, 0.15) is 19.0 Å². The number of carbonyl (C=O) groups is 1. The molecule has 0 fully saturated rings. The predicted molar refractivity (Wildman–Crippen MR) is 129 cm³/mol. The Morgan fingerprint density at radius 1 is 0.972 bits per heavy atom. The van der Waals surface area contributed by atoms with Crippen LogP contribution in [0.2, 0.25) is 0 Å². The molecule has 0 aliphatic heterocycles. The van der Waals surface area contributed by atoms with Crippen LogP contribution in [0.1, 0.15) is 0 Å². The summed E-state index contributed by atoms with van der Waals surface area (Å²) in [7, 11) is 0. The van der Waals surface area contributed by atoms with E-state index in [1.807, 2.05) is 30.3 Å². The van der Waals surface area contributed by atoms with Gasteiger partial charge < -0.3 is 10.1 Å². The molecule has 0 saturated heterocycles. The zero-order chi connectivity index (χ0) is 24.9. The lowest BCUT2D eigenvalue weighted by molar-refractivity contribution is -0.121. The van der Waals surface area contributed by atoms with Gasteiger partial charge in [-0.2, -0.15) is 4.52 Å². The molecule has 0 aliphatic rings. The van der Waals surface area contributed by atoms with Crippen LogP contribution in [0.15, 0.2) is 83.9 Å². The van der Waals surface area contributed by atoms with Gasteiger partial charge in [-0.25, -0.2) is 9.37 Å². The summed E-state index contributed by atoms with van der Waals surface area (Å²) in [5, 5.41) is 15.2. The van der Waals surface area contributed by atoms with Gasteiger partial charge in [0.2, 0.25) is 11.8 Å². The van der Waals surface area contributed by atoms with Gasteiger partial charge in [-0.15, -0.1) is 15.3 Å². The van der Waals surface area contributed by atoms with E-state index in [0.717, 1.165) is 5.56 Å². The molecule has 0 radical (unpaired) electrons. The third-order valence-electron chi connectivity index (χ3n) is 5.28. The summed E-state index contributed by atoms with van der Waals surface area (Å²) in [5.41, 5.74) is 2.21. The molecule has 5 rings (SSSR count). The Morgan fingerprint density at radius 2 is 1.78 bits per heavy atom. The second-order valence-electron chi connectivity index (χ2n) is 7.78. The Balaban J connectivity index is 1.16. The number of aromatic nitrogens is 6. The molecular weight excluding hydrogens is 465 g/mol. The van der Waals surface area contributed by atoms with Gasteiger partial charge in [0.05, 0.1) is 18.6 Å². The van der Waals surface area contributed by atoms with E-state index in [-0.39, 0.29) is 37.0 Å². The molecule has 3 heterocycles. The molecular formula is C25H20FN7O3. The zero-order valence-corrected chi connectivity index (χ0v) is 18.9. The van der Waals surface area contributed by atoms with Crippen LogP contribution in [-0.4, -0.2) is 48.4 Å². The van der Waals surface area contributed by atoms with Crippen LogP contribution >= 0.6 is 0 Å². The maximum atomic E-state index is 13.2. The number of nitrogens with one attached hydrogen (secondary N) is 1. The van der Waals surface area contributed by atoms with E-state index in [2.05, 4.69) is 25.6 Å². The van der Waals surface area contributed by atoms with E-state index in [9.17, 15) is 14.0 Å². The molecule has 0 aliphatic carbocycles. The number of carbonyl (C=O) groups excluding carboxylic acids is 1. The Hall–Kier alpha value is -4.93. The zero-order valence-electron chi connectivity index (χ0n) is 18.9. The van der Waals surface area contributed by atoms with Crippen molar-refractivity contribution in [2.75, 3.05) is 13.2 Å². The van der Waals surface area contributed by atoms with Crippen LogP contribution in [0.25, 0.3) is 28.3 Å². The fraction of sp³-hybridized carbons (Fsp3) is 0.120. The molecule has 36 heavy (non-hydrogen) atoms. The first-order valence-corrected chi connectivity index (χ1v) is 11.1. The number of hydrogen-bond donors (Lipinski definition) is 1. The Labute approximate surface area is 204 Å². The first-order chi connectivity index (χ1) is 17.6. The minimum Gasteiger partial charge on any atom is -0.475 e. The summed E-state index contributed by atoms with van der Waals surface area (Å²) in [6.07, 6.45) is 1.36. The fourth-order valence-electron chi connectivity index (χ4n) is 3.50. The average molecular weight is 485 g/mol. The lowest BCUT2D eigenvalue weighted by Crippen LogP contribution is -2.34. The molecule has 0 spiro atoms. The van der Waals surface area contributed by atoms with E-state index >= 15 is 0 Å². The molecule has 0 unspecified atom stereocenters. The van der Waals surface area contributed by atoms with Crippen molar-refractivity contribution in [1.82, 2.24) is 34.7 Å². The molecule has 0 saturated carbocycles. The minimum atomic E-state index is -0.351. The van der Waals surface area contributed by atoms with Gasteiger partial charge in [0, 0.05) is 23.3 Å². The van der Waals surface area contributed by atoms with E-state index in [1.54, 1.807) is 24.3 Å². The highest BCUT2D eigenvalue weighted by Crippen LogP contribution is 2.19. The Bertz CT molecular complexity index is 1570. The van der Waals surface area contributed by atoms with Crippen molar-refractivity contribution in [3.8, 4) is 28.5 Å². The number of fused-ring (bicyclic) bond motifs is 1. The first-order valence-electron chi connectivity index (χ1n) is 11.1. The number of benzene rings is 2. The summed E-state index contributed by atoms with van der Waals surface area (Å²) in [5.74, 6) is 0.0469. The molecule has 1 amide bonds. The normalized spacial score (nSPS) is 10.9. The van der Waals surface area contributed by atoms with Gasteiger partial charge in [0.25, 0.3) is 5.56 Å². The van der Waals surface area contributed by atoms with Gasteiger partial charge in [-0.1, -0.05) is 30.3 Å². The summed E-state index contributed by atoms with van der Waals surface area (Å²) >= 11 is 0. The molecule has 2 aromatic carbocycles. The van der Waals surface area contributed by atoms with Gasteiger partial charge in [-0.05, 0) is 30.3 Å². The third-order valence-corrected chi connectivity index (χ3v) is 5.28. The van der Waals surface area contributed by atoms with Crippen LogP contribution < -0.4 is 15.6 Å². The van der Waals surface area contributed by atoms with Crippen molar-refractivity contribution < 1.29 is 13.9 Å². The quantitative estimate of drug-likeness (QED) is 0.335. The van der Waals surface area contributed by atoms with E-state index in [1.165, 1.54) is 33.6 Å². The van der Waals surface area contributed by atoms with Crippen LogP contribution in [0.3, 0.4) is 0 Å². The number of rotatable bonds is 8. The van der Waals surface area contributed by atoms with Gasteiger partial charge >= 0.3 is 0 Å². The first kappa shape index (κ1) is 22.8. The van der Waals surface area contributed by atoms with Crippen LogP contribution in [-0.2, 0) is 11.3 Å². The standard InChI is InChI=1S/C25H20FN7O3/c26-19-8-6-18(7-9-19)25-30-29-21-10-11-23(31-33(21)25)36-13-12-27-22(34)15-32-16-28-20(14-24(32)35)17-4-2-1-3-5-17/h1-11,14,16H,12-13,15H2,(H,27,34). The molecule has 1 N–H and O–H groups in total. The minimum absolute atomic E-state index is 0.151. The van der Waals surface area contributed by atoms with Crippen molar-refractivity contribution in [3.05, 3.63) is 95.3 Å². The van der Waals surface area contributed by atoms with Crippen molar-refractivity contribution >= 4 is 11.6 Å². The second kappa shape index (κ2) is 10.1. The molecule has 3 aromatic heterocycles. The van der Waals surface area contributed by atoms with E-state index in [4.69, 9.17) is 4.74 Å². The topological polar surface area (TPSA) is 116 Å². The Morgan fingerprint density at radius 3 is 2.56 bits per heavy atom. The van der Waals surface area contributed by atoms with Crippen molar-refractivity contribution in [3.63, 3.8) is 0 Å². The number of hydrogen-bond acceptors (Lipinski definition) is 7. The Kier molecular flexibility index (Phi) is 6.43. The lowest BCUT2D eigenvalue weighted by atomic mass is 10.1. The molecule has 11 heteroatoms. The van der Waals surface area contributed by atoms with Gasteiger partial charge in [-0.3, -0.25) is 14.2 Å². The predicted octanol–water partition coefficient (Wildman–Crippen LogP) is 2.35. The maximum Gasteiger partial charge on any atom is 0.254 e. The van der Waals surface area contributed by atoms with Crippen LogP contribution in [0.5, 0.6) is 5.88 Å². The summed E-state index contributed by atoms with van der Waals surface area (Å²) in [4.78, 5) is 28.9. The lowest BCUT2D eigenvalue weighted by Gasteiger charge is -2.09. The number of ether oxygens (including phenoxy) is 1. The van der Waals surface area contributed by atoms with Gasteiger partial charge in [0.15, 0.2) is 11.5 Å². The van der Waals surface area contributed by atoms with Crippen molar-refractivity contribution in [1.29, 1.82) is 0 Å². The van der Waals surface area contributed by atoms with Crippen molar-refractivity contribution in [2.24, 2.45) is 0 Å². The largest absolute Gasteiger partial charge is 0.475 e. The smallest absolute Gasteiger partial charge is 0.254 e. The van der Waals surface area contributed by atoms with Crippen LogP contribution in [0, 0.1) is 5.82 Å². The summed E-state index contributed by atoms with van der Waals surface area (Å²) in [6.45, 7) is 0.195. The van der Waals surface area contributed by atoms with E-state index in [0.29, 0.717) is 28.6 Å². The second-order valence-corrected chi connectivity index (χ2v) is 7.78. The summed E-state index contributed by atoms with van der Waals surface area (Å²) < 4.78 is 21.6. The summed E-state index contributed by atoms with van der Waals surface area (Å²) in [6, 6.07) is 19.9. The van der Waals surface area contributed by atoms with Crippen molar-refractivity contribution in [2.45, 2.75) is 6.54 Å². The highest BCUT2D eigenvalue weighted by molar-refractivity contribution is 5.75. The molecule has 10 nitrogen and oxygen atoms in total. The van der Waals surface area contributed by atoms with Crippen LogP contribution in [0.4, 0.5) is 4.39 Å². The number of halogens is 1. The monoisotopic (exact) mass is 485 g/mol. The number of amides is 1. The fourth-order valence-corrected chi connectivity index (χ4v) is 3.50. The number of nitrogens with zero attached hydrogens (tertiary/aromatic N) is 6. The SMILES string of the molecule is O=C(Cn1cnc(-c2ccccc2)cc1=O)NCCOc1ccc2nnc(-c3ccc(F)cc3)n2n1. The highest BCUT2D eigenvalue weighted by atomic mass is 19.1.